The quantitative estimate of drug-likeness (QED) is 0.407. The molecule has 1 aromatic heterocycles. The van der Waals surface area contributed by atoms with Gasteiger partial charge in [0.2, 0.25) is 0 Å². The van der Waals surface area contributed by atoms with Gasteiger partial charge in [-0.25, -0.2) is 5.10 Å². The molecule has 0 amide bonds. The number of tetrazole rings is 1. The van der Waals surface area contributed by atoms with Gasteiger partial charge < -0.3 is 0 Å². The minimum Gasteiger partial charge on any atom is -0.243 e. The predicted octanol–water partition coefficient (Wildman–Crippen LogP) is 5.11. The van der Waals surface area contributed by atoms with E-state index >= 15 is 0 Å². The first-order valence-corrected chi connectivity index (χ1v) is 8.76. The Kier molecular flexibility index (Phi) is 12.4. The Morgan fingerprint density at radius 1 is 0.783 bits per heavy atom. The van der Waals surface area contributed by atoms with Crippen LogP contribution in [0.1, 0.15) is 64.1 Å². The van der Waals surface area contributed by atoms with E-state index in [9.17, 15) is 0 Å². The number of hydrogen-bond acceptors (Lipinski definition) is 3. The van der Waals surface area contributed by atoms with E-state index in [1.165, 1.54) is 19.3 Å². The summed E-state index contributed by atoms with van der Waals surface area (Å²) in [6, 6.07) is 0. The summed E-state index contributed by atoms with van der Waals surface area (Å²) in [5.74, 6) is 0.866. The highest BCUT2D eigenvalue weighted by Crippen LogP contribution is 2.00. The molecule has 0 fully saturated rings. The highest BCUT2D eigenvalue weighted by molar-refractivity contribution is 4.99. The van der Waals surface area contributed by atoms with Crippen LogP contribution in [0.25, 0.3) is 0 Å². The third-order valence-corrected chi connectivity index (χ3v) is 3.38. The van der Waals surface area contributed by atoms with Gasteiger partial charge in [-0.1, -0.05) is 68.4 Å². The van der Waals surface area contributed by atoms with E-state index in [-0.39, 0.29) is 0 Å². The summed E-state index contributed by atoms with van der Waals surface area (Å²) in [5, 5.41) is 13.7. The van der Waals surface area contributed by atoms with E-state index in [1.807, 2.05) is 0 Å². The number of allylic oxidation sites excluding steroid dienone is 8. The van der Waals surface area contributed by atoms with Gasteiger partial charge in [0.15, 0.2) is 0 Å². The molecular formula is C19H30N4. The first-order valence-electron chi connectivity index (χ1n) is 8.76. The van der Waals surface area contributed by atoms with Crippen LogP contribution in [0, 0.1) is 0 Å². The summed E-state index contributed by atoms with van der Waals surface area (Å²) in [5.41, 5.74) is 0. The number of hydrogen-bond donors (Lipinski definition) is 1. The van der Waals surface area contributed by atoms with Crippen molar-refractivity contribution in [1.29, 1.82) is 0 Å². The summed E-state index contributed by atoms with van der Waals surface area (Å²) < 4.78 is 0. The van der Waals surface area contributed by atoms with Crippen molar-refractivity contribution in [2.24, 2.45) is 0 Å². The third kappa shape index (κ3) is 12.3. The van der Waals surface area contributed by atoms with Gasteiger partial charge >= 0.3 is 0 Å². The van der Waals surface area contributed by atoms with Crippen LogP contribution in [-0.4, -0.2) is 20.6 Å². The molecule has 1 aromatic rings. The lowest BCUT2D eigenvalue weighted by molar-refractivity contribution is 0.787. The molecular weight excluding hydrogens is 284 g/mol. The second-order valence-electron chi connectivity index (χ2n) is 5.48. The number of nitrogens with zero attached hydrogens (tertiary/aromatic N) is 3. The molecule has 0 saturated carbocycles. The summed E-state index contributed by atoms with van der Waals surface area (Å²) in [6.45, 7) is 2.23. The van der Waals surface area contributed by atoms with Gasteiger partial charge in [0.25, 0.3) is 0 Å². The van der Waals surface area contributed by atoms with Crippen LogP contribution in [0.4, 0.5) is 0 Å². The van der Waals surface area contributed by atoms with Crippen LogP contribution >= 0.6 is 0 Å². The topological polar surface area (TPSA) is 54.5 Å². The SMILES string of the molecule is CCCC/C=C\C/C=C\C/C=C\C/C=C\CCCc1nnn[nH]1. The zero-order valence-corrected chi connectivity index (χ0v) is 14.3. The van der Waals surface area contributed by atoms with Crippen LogP contribution in [0.2, 0.25) is 0 Å². The summed E-state index contributed by atoms with van der Waals surface area (Å²) in [4.78, 5) is 0. The molecule has 1 N–H and O–H groups in total. The molecule has 0 radical (unpaired) electrons. The fraction of sp³-hybridized carbons (Fsp3) is 0.526. The smallest absolute Gasteiger partial charge is 0.148 e. The number of aromatic amines is 1. The van der Waals surface area contributed by atoms with Crippen molar-refractivity contribution in [1.82, 2.24) is 20.6 Å². The highest BCUT2D eigenvalue weighted by atomic mass is 15.5. The van der Waals surface area contributed by atoms with E-state index in [4.69, 9.17) is 0 Å². The van der Waals surface area contributed by atoms with E-state index in [1.54, 1.807) is 0 Å². The fourth-order valence-electron chi connectivity index (χ4n) is 2.04. The molecule has 23 heavy (non-hydrogen) atoms. The Hall–Kier alpha value is -1.97. The maximum Gasteiger partial charge on any atom is 0.148 e. The lowest BCUT2D eigenvalue weighted by atomic mass is 10.2. The Morgan fingerprint density at radius 2 is 1.35 bits per heavy atom. The molecule has 0 saturated heterocycles. The molecule has 0 atom stereocenters. The third-order valence-electron chi connectivity index (χ3n) is 3.38. The molecule has 0 spiro atoms. The maximum atomic E-state index is 3.86. The molecule has 126 valence electrons. The average molecular weight is 314 g/mol. The predicted molar refractivity (Wildman–Crippen MR) is 97.1 cm³/mol. The highest BCUT2D eigenvalue weighted by Gasteiger charge is 1.94. The molecule has 0 aliphatic rings. The molecule has 1 heterocycles. The van der Waals surface area contributed by atoms with E-state index < -0.39 is 0 Å². The lowest BCUT2D eigenvalue weighted by Crippen LogP contribution is -1.87. The van der Waals surface area contributed by atoms with Crippen molar-refractivity contribution in [3.8, 4) is 0 Å². The summed E-state index contributed by atoms with van der Waals surface area (Å²) >= 11 is 0. The van der Waals surface area contributed by atoms with Crippen LogP contribution < -0.4 is 0 Å². The molecule has 0 aliphatic carbocycles. The first kappa shape index (κ1) is 19.1. The first-order chi connectivity index (χ1) is 11.4. The van der Waals surface area contributed by atoms with Crippen molar-refractivity contribution < 1.29 is 0 Å². The molecule has 0 aromatic carbocycles. The van der Waals surface area contributed by atoms with Crippen molar-refractivity contribution in [3.05, 3.63) is 54.4 Å². The Balaban J connectivity index is 1.91. The number of aryl methyl sites for hydroxylation is 1. The van der Waals surface area contributed by atoms with Crippen molar-refractivity contribution in [2.45, 2.75) is 64.7 Å². The van der Waals surface area contributed by atoms with Crippen LogP contribution in [0.3, 0.4) is 0 Å². The van der Waals surface area contributed by atoms with Crippen LogP contribution in [0.15, 0.2) is 48.6 Å². The molecule has 4 nitrogen and oxygen atoms in total. The van der Waals surface area contributed by atoms with Gasteiger partial charge in [-0.05, 0) is 49.0 Å². The number of H-pyrrole nitrogens is 1. The van der Waals surface area contributed by atoms with Crippen molar-refractivity contribution in [2.75, 3.05) is 0 Å². The minimum atomic E-state index is 0.866. The van der Waals surface area contributed by atoms with E-state index in [0.29, 0.717) is 0 Å². The monoisotopic (exact) mass is 314 g/mol. The molecule has 0 unspecified atom stereocenters. The second-order valence-corrected chi connectivity index (χ2v) is 5.48. The van der Waals surface area contributed by atoms with Crippen LogP contribution in [0.5, 0.6) is 0 Å². The molecule has 0 bridgehead atoms. The molecule has 0 aliphatic heterocycles. The van der Waals surface area contributed by atoms with Crippen LogP contribution in [-0.2, 0) is 6.42 Å². The van der Waals surface area contributed by atoms with Crippen molar-refractivity contribution >= 4 is 0 Å². The average Bonchev–Trinajstić information content (AvgIpc) is 3.08. The zero-order chi connectivity index (χ0) is 16.4. The number of nitrogens with one attached hydrogen (secondary N) is 1. The lowest BCUT2D eigenvalue weighted by Gasteiger charge is -1.91. The maximum absolute atomic E-state index is 3.86. The molecule has 4 heteroatoms. The van der Waals surface area contributed by atoms with Gasteiger partial charge in [-0.15, -0.1) is 5.10 Å². The fourth-order valence-corrected chi connectivity index (χ4v) is 2.04. The van der Waals surface area contributed by atoms with Crippen molar-refractivity contribution in [3.63, 3.8) is 0 Å². The minimum absolute atomic E-state index is 0.866. The normalized spacial score (nSPS) is 12.6. The second kappa shape index (κ2) is 14.9. The van der Waals surface area contributed by atoms with Gasteiger partial charge in [-0.3, -0.25) is 0 Å². The summed E-state index contributed by atoms with van der Waals surface area (Å²) in [6.07, 6.45) is 27.8. The Morgan fingerprint density at radius 3 is 1.87 bits per heavy atom. The largest absolute Gasteiger partial charge is 0.243 e. The standard InChI is InChI=1S/C19H30N4/c1-2-3-4-5-6-7-8-9-10-11-12-13-14-15-16-17-18-19-20-22-23-21-19/h5-6,8-9,11-12,14-15H,2-4,7,10,13,16-18H2,1H3,(H,20,21,22,23)/b6-5-,9-8-,12-11-,15-14-. The summed E-state index contributed by atoms with van der Waals surface area (Å²) in [7, 11) is 0. The van der Waals surface area contributed by atoms with Gasteiger partial charge in [0.05, 0.1) is 0 Å². The molecule has 1 rings (SSSR count). The number of aromatic nitrogens is 4. The Bertz CT molecular complexity index is 470. The Labute approximate surface area is 140 Å². The van der Waals surface area contributed by atoms with E-state index in [0.717, 1.165) is 44.3 Å². The zero-order valence-electron chi connectivity index (χ0n) is 14.3. The number of unbranched alkanes of at least 4 members (excludes halogenated alkanes) is 3. The van der Waals surface area contributed by atoms with E-state index in [2.05, 4.69) is 76.2 Å². The van der Waals surface area contributed by atoms with Gasteiger partial charge in [0.1, 0.15) is 5.82 Å². The van der Waals surface area contributed by atoms with Gasteiger partial charge in [0, 0.05) is 6.42 Å². The van der Waals surface area contributed by atoms with Gasteiger partial charge in [-0.2, -0.15) is 0 Å². The number of rotatable bonds is 13.